The molecule has 1 saturated carbocycles. The Bertz CT molecular complexity index is 2000. The van der Waals surface area contributed by atoms with Crippen LogP contribution in [-0.2, 0) is 4.79 Å². The molecule has 5 aliphatic rings. The molecule has 1 aliphatic carbocycles. The highest BCUT2D eigenvalue weighted by molar-refractivity contribution is 6.31. The van der Waals surface area contributed by atoms with Crippen molar-refractivity contribution >= 4 is 41.3 Å². The lowest BCUT2D eigenvalue weighted by atomic mass is 9.61. The predicted octanol–water partition coefficient (Wildman–Crippen LogP) is 6.95. The Morgan fingerprint density at radius 1 is 0.945 bits per heavy atom. The van der Waals surface area contributed by atoms with Crippen LogP contribution < -0.4 is 9.64 Å². The normalized spacial score (nSPS) is 20.9. The zero-order chi connectivity index (χ0) is 38.3. The number of rotatable bonds is 11. The van der Waals surface area contributed by atoms with Crippen LogP contribution >= 0.6 is 11.6 Å². The molecule has 3 amide bonds. The number of hydrogen-bond donors (Lipinski definition) is 0. The number of carbonyl (C=O) groups is 4. The van der Waals surface area contributed by atoms with E-state index in [0.717, 1.165) is 102 Å². The second-order valence-electron chi connectivity index (χ2n) is 16.5. The summed E-state index contributed by atoms with van der Waals surface area (Å²) in [6, 6.07) is 20.9. The topological polar surface area (TPSA) is 114 Å². The number of piperidine rings is 2. The van der Waals surface area contributed by atoms with Crippen molar-refractivity contribution in [1.82, 2.24) is 14.7 Å². The number of likely N-dealkylation sites (tertiary alicyclic amines) is 2. The number of hydrogen-bond acceptors (Lipinski definition) is 8. The Morgan fingerprint density at radius 3 is 2.33 bits per heavy atom. The molecule has 4 heterocycles. The van der Waals surface area contributed by atoms with Gasteiger partial charge in [0.25, 0.3) is 17.7 Å². The van der Waals surface area contributed by atoms with Crippen LogP contribution in [0, 0.1) is 22.7 Å². The van der Waals surface area contributed by atoms with Gasteiger partial charge in [-0.3, -0.25) is 19.3 Å². The minimum atomic E-state index is -0.309. The fraction of sp³-hybridized carbons (Fsp3) is 0.477. The molecule has 4 fully saturated rings. The molecule has 3 aromatic rings. The molecular weight excluding hydrogens is 714 g/mol. The van der Waals surface area contributed by atoms with E-state index >= 15 is 0 Å². The second-order valence-corrected chi connectivity index (χ2v) is 16.9. The summed E-state index contributed by atoms with van der Waals surface area (Å²) in [5.41, 5.74) is 4.58. The van der Waals surface area contributed by atoms with E-state index in [1.807, 2.05) is 36.1 Å². The Hall–Kier alpha value is -4.72. The van der Waals surface area contributed by atoms with Crippen molar-refractivity contribution < 1.29 is 23.9 Å². The molecule has 3 aromatic carbocycles. The lowest BCUT2D eigenvalue weighted by Crippen LogP contribution is -2.65. The maximum atomic E-state index is 13.3. The van der Waals surface area contributed by atoms with Crippen molar-refractivity contribution in [2.45, 2.75) is 76.4 Å². The quantitative estimate of drug-likeness (QED) is 0.152. The first-order valence-electron chi connectivity index (χ1n) is 19.8. The third kappa shape index (κ3) is 7.49. The molecule has 1 unspecified atom stereocenters. The summed E-state index contributed by atoms with van der Waals surface area (Å²) in [4.78, 5) is 58.5. The van der Waals surface area contributed by atoms with Gasteiger partial charge in [-0.05, 0) is 125 Å². The first-order valence-corrected chi connectivity index (χ1v) is 20.2. The van der Waals surface area contributed by atoms with Crippen LogP contribution in [0.4, 0.5) is 5.69 Å². The number of nitriles is 1. The minimum Gasteiger partial charge on any atom is -0.490 e. The Labute approximate surface area is 327 Å². The van der Waals surface area contributed by atoms with Crippen LogP contribution in [0.1, 0.15) is 106 Å². The van der Waals surface area contributed by atoms with Crippen molar-refractivity contribution in [3.05, 3.63) is 93.5 Å². The summed E-state index contributed by atoms with van der Waals surface area (Å²) in [5, 5.41) is 9.49. The third-order valence-electron chi connectivity index (χ3n) is 12.8. The van der Waals surface area contributed by atoms with E-state index in [2.05, 4.69) is 28.0 Å². The van der Waals surface area contributed by atoms with Crippen molar-refractivity contribution in [3.8, 4) is 11.8 Å². The van der Waals surface area contributed by atoms with Gasteiger partial charge in [0.2, 0.25) is 0 Å². The third-order valence-corrected chi connectivity index (χ3v) is 13.1. The average molecular weight is 762 g/mol. The number of ether oxygens (including phenoxy) is 1. The van der Waals surface area contributed by atoms with E-state index < -0.39 is 0 Å². The maximum absolute atomic E-state index is 13.3. The van der Waals surface area contributed by atoms with Gasteiger partial charge in [0.05, 0.1) is 21.7 Å². The van der Waals surface area contributed by atoms with E-state index in [-0.39, 0.29) is 35.3 Å². The number of aldehydes is 1. The number of halogens is 1. The smallest absolute Gasteiger partial charge is 0.261 e. The van der Waals surface area contributed by atoms with Gasteiger partial charge in [-0.2, -0.15) is 5.26 Å². The lowest BCUT2D eigenvalue weighted by molar-refractivity contribution is -0.108. The number of amides is 3. The van der Waals surface area contributed by atoms with Crippen molar-refractivity contribution in [2.24, 2.45) is 11.3 Å². The molecule has 11 heteroatoms. The molecule has 1 atom stereocenters. The fourth-order valence-corrected chi connectivity index (χ4v) is 9.77. The second kappa shape index (κ2) is 15.4. The number of imide groups is 1. The van der Waals surface area contributed by atoms with Gasteiger partial charge in [0, 0.05) is 67.9 Å². The van der Waals surface area contributed by atoms with Crippen LogP contribution in [0.15, 0.2) is 60.7 Å². The summed E-state index contributed by atoms with van der Waals surface area (Å²) >= 11 is 6.16. The molecule has 286 valence electrons. The van der Waals surface area contributed by atoms with E-state index in [1.54, 1.807) is 24.3 Å². The Kier molecular flexibility index (Phi) is 10.4. The van der Waals surface area contributed by atoms with Crippen LogP contribution in [0.2, 0.25) is 5.02 Å². The van der Waals surface area contributed by atoms with E-state index in [0.29, 0.717) is 52.1 Å². The first-order chi connectivity index (χ1) is 26.6. The predicted molar refractivity (Wildman–Crippen MR) is 210 cm³/mol. The molecule has 0 aromatic heterocycles. The van der Waals surface area contributed by atoms with Crippen LogP contribution in [0.3, 0.4) is 0 Å². The van der Waals surface area contributed by atoms with Gasteiger partial charge >= 0.3 is 0 Å². The van der Waals surface area contributed by atoms with E-state index in [1.165, 1.54) is 10.5 Å². The van der Waals surface area contributed by atoms with E-state index in [9.17, 15) is 19.2 Å². The van der Waals surface area contributed by atoms with Gasteiger partial charge in [-0.25, -0.2) is 0 Å². The van der Waals surface area contributed by atoms with Gasteiger partial charge in [-0.1, -0.05) is 23.7 Å². The van der Waals surface area contributed by atoms with Gasteiger partial charge in [-0.15, -0.1) is 0 Å². The SMILES string of the molecule is CC(CCC=O)N1C(=O)c2ccc(N3CCC(CN4CCC(c5ccc(C(=O)N6CC7(CC(Oc8ccc(C#N)c(Cl)c8)C7)C6)cc5)CC4)CC3)cc2C1=O. The molecule has 0 N–H and O–H groups in total. The fourth-order valence-electron chi connectivity index (χ4n) is 9.56. The molecule has 0 radical (unpaired) electrons. The molecular formula is C44H48ClN5O5. The van der Waals surface area contributed by atoms with Gasteiger partial charge in [0.1, 0.15) is 24.2 Å². The summed E-state index contributed by atoms with van der Waals surface area (Å²) in [6.45, 7) is 8.46. The molecule has 0 bridgehead atoms. The molecule has 1 spiro atoms. The van der Waals surface area contributed by atoms with Crippen molar-refractivity contribution in [1.29, 1.82) is 5.26 Å². The van der Waals surface area contributed by atoms with Crippen LogP contribution in [0.5, 0.6) is 5.75 Å². The number of fused-ring (bicyclic) bond motifs is 1. The molecule has 4 aliphatic heterocycles. The highest BCUT2D eigenvalue weighted by atomic mass is 35.5. The summed E-state index contributed by atoms with van der Waals surface area (Å²) in [7, 11) is 0. The van der Waals surface area contributed by atoms with E-state index in [4.69, 9.17) is 21.6 Å². The summed E-state index contributed by atoms with van der Waals surface area (Å²) < 4.78 is 6.08. The zero-order valence-corrected chi connectivity index (χ0v) is 32.2. The zero-order valence-electron chi connectivity index (χ0n) is 31.4. The van der Waals surface area contributed by atoms with Crippen molar-refractivity contribution in [3.63, 3.8) is 0 Å². The highest BCUT2D eigenvalue weighted by Gasteiger charge is 2.54. The number of nitrogens with zero attached hydrogens (tertiary/aromatic N) is 5. The Balaban J connectivity index is 0.751. The summed E-state index contributed by atoms with van der Waals surface area (Å²) in [6.07, 6.45) is 7.98. The van der Waals surface area contributed by atoms with Crippen molar-refractivity contribution in [2.75, 3.05) is 50.7 Å². The van der Waals surface area contributed by atoms with Gasteiger partial charge in [0.15, 0.2) is 0 Å². The highest BCUT2D eigenvalue weighted by Crippen LogP contribution is 2.50. The average Bonchev–Trinajstić information content (AvgIpc) is 3.42. The largest absolute Gasteiger partial charge is 0.490 e. The van der Waals surface area contributed by atoms with Crippen LogP contribution in [0.25, 0.3) is 0 Å². The molecule has 3 saturated heterocycles. The van der Waals surface area contributed by atoms with Crippen LogP contribution in [-0.4, -0.2) is 96.7 Å². The lowest BCUT2D eigenvalue weighted by Gasteiger charge is -2.58. The first kappa shape index (κ1) is 37.2. The summed E-state index contributed by atoms with van der Waals surface area (Å²) in [5.74, 6) is 1.40. The number of anilines is 1. The molecule has 55 heavy (non-hydrogen) atoms. The van der Waals surface area contributed by atoms with Gasteiger partial charge < -0.3 is 24.2 Å². The number of benzene rings is 3. The molecule has 10 nitrogen and oxygen atoms in total. The standard InChI is InChI=1S/C44H48ClN5O5/c1-29(3-2-20-51)50-42(53)38-11-9-35(21-39(38)43(50)54)48-18-12-30(13-19-48)26-47-16-14-32(15-17-47)31-4-6-33(7-5-31)41(52)49-27-44(28-49)23-37(24-44)55-36-10-8-34(25-46)40(45)22-36/h4-11,20-22,29-30,32,37H,2-3,12-19,23-24,26-28H2,1H3. The number of carbonyl (C=O) groups excluding carboxylic acids is 4. The molecule has 8 rings (SSSR count). The maximum Gasteiger partial charge on any atom is 0.261 e. The Morgan fingerprint density at radius 2 is 1.65 bits per heavy atom. The monoisotopic (exact) mass is 761 g/mol. The minimum absolute atomic E-state index is 0.102.